The van der Waals surface area contributed by atoms with Crippen LogP contribution in [-0.4, -0.2) is 59.9 Å². The molecule has 1 saturated heterocycles. The minimum absolute atomic E-state index is 0.00790. The molecule has 0 spiro atoms. The average molecular weight is 432 g/mol. The van der Waals surface area contributed by atoms with Crippen LogP contribution < -0.4 is 14.2 Å². The van der Waals surface area contributed by atoms with Gasteiger partial charge in [0.25, 0.3) is 0 Å². The van der Waals surface area contributed by atoms with Gasteiger partial charge in [-0.2, -0.15) is 0 Å². The van der Waals surface area contributed by atoms with E-state index in [0.29, 0.717) is 35.8 Å². The summed E-state index contributed by atoms with van der Waals surface area (Å²) in [4.78, 5) is 11.7. The molecule has 3 rings (SSSR count). The van der Waals surface area contributed by atoms with Crippen LogP contribution in [-0.2, 0) is 22.6 Å². The van der Waals surface area contributed by atoms with E-state index in [2.05, 4.69) is 0 Å². The van der Waals surface area contributed by atoms with Gasteiger partial charge in [-0.05, 0) is 48.2 Å². The van der Waals surface area contributed by atoms with Gasteiger partial charge in [-0.3, -0.25) is 0 Å². The van der Waals surface area contributed by atoms with E-state index in [1.165, 1.54) is 7.11 Å². The van der Waals surface area contributed by atoms with Crippen molar-refractivity contribution in [3.63, 3.8) is 0 Å². The number of carboxylic acids is 1. The number of rotatable bonds is 11. The number of aliphatic hydroxyl groups is 2. The molecule has 168 valence electrons. The maximum atomic E-state index is 11.7. The number of ether oxygens (including phenoxy) is 4. The number of methoxy groups -OCH3 is 1. The molecule has 1 aliphatic rings. The highest BCUT2D eigenvalue weighted by Crippen LogP contribution is 2.31. The summed E-state index contributed by atoms with van der Waals surface area (Å²) < 4.78 is 22.0. The van der Waals surface area contributed by atoms with Crippen LogP contribution in [0, 0.1) is 0 Å². The molecule has 2 atom stereocenters. The molecule has 1 heterocycles. The third-order valence-electron chi connectivity index (χ3n) is 5.17. The molecule has 8 heteroatoms. The summed E-state index contributed by atoms with van der Waals surface area (Å²) in [6.07, 6.45) is 0.548. The normalized spacial score (nSPS) is 19.1. The van der Waals surface area contributed by atoms with Crippen molar-refractivity contribution in [3.8, 4) is 17.2 Å². The third-order valence-corrected chi connectivity index (χ3v) is 5.17. The molecule has 0 amide bonds. The summed E-state index contributed by atoms with van der Waals surface area (Å²) in [5.74, 6) is 0.490. The van der Waals surface area contributed by atoms with Gasteiger partial charge in [-0.25, -0.2) is 4.79 Å². The second-order valence-electron chi connectivity index (χ2n) is 7.49. The fraction of sp³-hybridized carbons (Fsp3) is 0.435. The van der Waals surface area contributed by atoms with Crippen molar-refractivity contribution in [1.82, 2.24) is 0 Å². The fourth-order valence-corrected chi connectivity index (χ4v) is 3.51. The number of aliphatic carboxylic acids is 1. The predicted molar refractivity (Wildman–Crippen MR) is 112 cm³/mol. The van der Waals surface area contributed by atoms with E-state index in [0.717, 1.165) is 12.0 Å². The molecule has 0 aromatic heterocycles. The molecule has 1 aliphatic heterocycles. The van der Waals surface area contributed by atoms with Gasteiger partial charge in [-0.15, -0.1) is 0 Å². The Labute approximate surface area is 180 Å². The third kappa shape index (κ3) is 5.88. The van der Waals surface area contributed by atoms with Crippen LogP contribution in [0.4, 0.5) is 0 Å². The van der Waals surface area contributed by atoms with Gasteiger partial charge in [-0.1, -0.05) is 18.2 Å². The highest BCUT2D eigenvalue weighted by molar-refractivity contribution is 5.78. The molecule has 2 aromatic carbocycles. The van der Waals surface area contributed by atoms with Crippen LogP contribution in [0.1, 0.15) is 24.0 Å². The standard InChI is InChI=1S/C23H28O8/c1-28-20-7-6-17(13-24)11-21(20)30-15-18(25)14-29-19-5-2-4-16(10-19)12-23(22(26)27)8-3-9-31-23/h2,4-7,10-11,18,24-25H,3,8-9,12-15H2,1H3,(H,26,27)/t18-,23?/m1/s1. The summed E-state index contributed by atoms with van der Waals surface area (Å²) in [6, 6.07) is 12.2. The zero-order chi connectivity index (χ0) is 22.3. The minimum Gasteiger partial charge on any atom is -0.493 e. The number of carboxylic acid groups (broad SMARTS) is 1. The van der Waals surface area contributed by atoms with Gasteiger partial charge >= 0.3 is 5.97 Å². The Morgan fingerprint density at radius 3 is 2.61 bits per heavy atom. The fourth-order valence-electron chi connectivity index (χ4n) is 3.51. The highest BCUT2D eigenvalue weighted by Gasteiger charge is 2.42. The zero-order valence-corrected chi connectivity index (χ0v) is 17.5. The molecule has 2 aromatic rings. The van der Waals surface area contributed by atoms with Gasteiger partial charge in [0.15, 0.2) is 17.1 Å². The molecular formula is C23H28O8. The molecule has 0 bridgehead atoms. The van der Waals surface area contributed by atoms with Crippen LogP contribution in [0.25, 0.3) is 0 Å². The molecule has 31 heavy (non-hydrogen) atoms. The predicted octanol–water partition coefficient (Wildman–Crippen LogP) is 2.18. The Hall–Kier alpha value is -2.81. The first-order chi connectivity index (χ1) is 15.0. The van der Waals surface area contributed by atoms with E-state index in [-0.39, 0.29) is 26.2 Å². The summed E-state index contributed by atoms with van der Waals surface area (Å²) in [5, 5.41) is 29.1. The number of benzene rings is 2. The Morgan fingerprint density at radius 1 is 1.13 bits per heavy atom. The number of carbonyl (C=O) groups is 1. The monoisotopic (exact) mass is 432 g/mol. The van der Waals surface area contributed by atoms with E-state index >= 15 is 0 Å². The Bertz CT molecular complexity index is 876. The van der Waals surface area contributed by atoms with Gasteiger partial charge in [0.05, 0.1) is 13.7 Å². The maximum absolute atomic E-state index is 11.7. The van der Waals surface area contributed by atoms with Crippen LogP contribution >= 0.6 is 0 Å². The quantitative estimate of drug-likeness (QED) is 0.495. The minimum atomic E-state index is -1.19. The van der Waals surface area contributed by atoms with Crippen molar-refractivity contribution in [2.45, 2.75) is 37.6 Å². The highest BCUT2D eigenvalue weighted by atomic mass is 16.5. The summed E-state index contributed by atoms with van der Waals surface area (Å²) in [6.45, 7) is 0.282. The lowest BCUT2D eigenvalue weighted by Crippen LogP contribution is -2.40. The average Bonchev–Trinajstić information content (AvgIpc) is 3.26. The lowest BCUT2D eigenvalue weighted by Gasteiger charge is -2.23. The van der Waals surface area contributed by atoms with Gasteiger partial charge < -0.3 is 34.3 Å². The van der Waals surface area contributed by atoms with Crippen LogP contribution in [0.15, 0.2) is 42.5 Å². The molecule has 0 aliphatic carbocycles. The Kier molecular flexibility index (Phi) is 7.73. The molecule has 0 saturated carbocycles. The summed E-state index contributed by atoms with van der Waals surface area (Å²) in [5.41, 5.74) is 0.274. The van der Waals surface area contributed by atoms with Crippen molar-refractivity contribution in [3.05, 3.63) is 53.6 Å². The maximum Gasteiger partial charge on any atom is 0.336 e. The smallest absolute Gasteiger partial charge is 0.336 e. The summed E-state index contributed by atoms with van der Waals surface area (Å²) >= 11 is 0. The molecule has 8 nitrogen and oxygen atoms in total. The van der Waals surface area contributed by atoms with Gasteiger partial charge in [0.2, 0.25) is 0 Å². The van der Waals surface area contributed by atoms with E-state index in [1.54, 1.807) is 36.4 Å². The Morgan fingerprint density at radius 2 is 1.94 bits per heavy atom. The molecular weight excluding hydrogens is 404 g/mol. The number of hydrogen-bond donors (Lipinski definition) is 3. The van der Waals surface area contributed by atoms with Crippen molar-refractivity contribution in [2.75, 3.05) is 26.9 Å². The van der Waals surface area contributed by atoms with Crippen LogP contribution in [0.5, 0.6) is 17.2 Å². The molecule has 3 N–H and O–H groups in total. The zero-order valence-electron chi connectivity index (χ0n) is 17.5. The van der Waals surface area contributed by atoms with E-state index < -0.39 is 17.7 Å². The summed E-state index contributed by atoms with van der Waals surface area (Å²) in [7, 11) is 1.51. The first-order valence-corrected chi connectivity index (χ1v) is 10.1. The number of aliphatic hydroxyl groups excluding tert-OH is 2. The van der Waals surface area contributed by atoms with E-state index in [1.807, 2.05) is 6.07 Å². The van der Waals surface area contributed by atoms with Crippen LogP contribution in [0.3, 0.4) is 0 Å². The number of hydrogen-bond acceptors (Lipinski definition) is 7. The van der Waals surface area contributed by atoms with Crippen molar-refractivity contribution in [2.24, 2.45) is 0 Å². The van der Waals surface area contributed by atoms with Gasteiger partial charge in [0, 0.05) is 13.0 Å². The largest absolute Gasteiger partial charge is 0.493 e. The van der Waals surface area contributed by atoms with Crippen molar-refractivity contribution in [1.29, 1.82) is 0 Å². The second-order valence-corrected chi connectivity index (χ2v) is 7.49. The molecule has 1 fully saturated rings. The Balaban J connectivity index is 1.54. The topological polar surface area (TPSA) is 115 Å². The first kappa shape index (κ1) is 22.9. The molecule has 1 unspecified atom stereocenters. The second kappa shape index (κ2) is 10.5. The van der Waals surface area contributed by atoms with Gasteiger partial charge in [0.1, 0.15) is 25.1 Å². The lowest BCUT2D eigenvalue weighted by atomic mass is 9.91. The van der Waals surface area contributed by atoms with E-state index in [4.69, 9.17) is 18.9 Å². The van der Waals surface area contributed by atoms with Crippen molar-refractivity contribution >= 4 is 5.97 Å². The lowest BCUT2D eigenvalue weighted by molar-refractivity contribution is -0.159. The SMILES string of the molecule is COc1ccc(CO)cc1OC[C@H](O)COc1cccc(CC2(C(=O)O)CCCO2)c1. The van der Waals surface area contributed by atoms with E-state index in [9.17, 15) is 20.1 Å². The van der Waals surface area contributed by atoms with Crippen LogP contribution in [0.2, 0.25) is 0 Å². The van der Waals surface area contributed by atoms with Crippen molar-refractivity contribution < 1.29 is 39.1 Å². The first-order valence-electron chi connectivity index (χ1n) is 10.1. The molecule has 0 radical (unpaired) electrons.